The Balaban J connectivity index is 1.65. The van der Waals surface area contributed by atoms with Crippen LogP contribution in [0.25, 0.3) is 0 Å². The van der Waals surface area contributed by atoms with Gasteiger partial charge in [-0.3, -0.25) is 9.89 Å². The standard InChI is InChI=1S/C20H22ClN5O2S/c1-3-18-24-25-20(29)26(18)22-11-14-10-15(21)6-9-17(14)28-12-19(27)23-16-7-4-13(2)5-8-16/h4-10,22H,3,11-12H2,1-2H3,(H,23,27)(H,25,29). The van der Waals surface area contributed by atoms with Gasteiger partial charge in [0.2, 0.25) is 4.77 Å². The van der Waals surface area contributed by atoms with Gasteiger partial charge in [-0.1, -0.05) is 36.2 Å². The number of aromatic nitrogens is 3. The van der Waals surface area contributed by atoms with Crippen LogP contribution in [0, 0.1) is 11.7 Å². The molecular weight excluding hydrogens is 410 g/mol. The molecule has 29 heavy (non-hydrogen) atoms. The van der Waals surface area contributed by atoms with Crippen LogP contribution in [-0.2, 0) is 17.8 Å². The van der Waals surface area contributed by atoms with Crippen LogP contribution in [0.1, 0.15) is 23.9 Å². The molecule has 2 aromatic carbocycles. The largest absolute Gasteiger partial charge is 0.483 e. The smallest absolute Gasteiger partial charge is 0.262 e. The lowest BCUT2D eigenvalue weighted by Crippen LogP contribution is -2.21. The minimum absolute atomic E-state index is 0.117. The summed E-state index contributed by atoms with van der Waals surface area (Å²) in [6.07, 6.45) is 0.720. The molecule has 3 aromatic rings. The van der Waals surface area contributed by atoms with Crippen LogP contribution < -0.4 is 15.5 Å². The fourth-order valence-electron chi connectivity index (χ4n) is 2.70. The van der Waals surface area contributed by atoms with Gasteiger partial charge in [-0.2, -0.15) is 5.10 Å². The highest BCUT2D eigenvalue weighted by molar-refractivity contribution is 7.71. The molecule has 7 nitrogen and oxygen atoms in total. The summed E-state index contributed by atoms with van der Waals surface area (Å²) in [5, 5.41) is 10.3. The van der Waals surface area contributed by atoms with Crippen molar-refractivity contribution in [3.05, 3.63) is 69.2 Å². The van der Waals surface area contributed by atoms with E-state index >= 15 is 0 Å². The molecule has 0 atom stereocenters. The van der Waals surface area contributed by atoms with Crippen molar-refractivity contribution in [1.29, 1.82) is 0 Å². The highest BCUT2D eigenvalue weighted by Crippen LogP contribution is 2.23. The van der Waals surface area contributed by atoms with Crippen molar-refractivity contribution in [2.75, 3.05) is 17.3 Å². The molecule has 0 bridgehead atoms. The summed E-state index contributed by atoms with van der Waals surface area (Å²) in [5.41, 5.74) is 5.86. The molecule has 9 heteroatoms. The molecule has 0 spiro atoms. The van der Waals surface area contributed by atoms with Crippen molar-refractivity contribution < 1.29 is 9.53 Å². The first kappa shape index (κ1) is 20.9. The molecule has 3 rings (SSSR count). The number of halogens is 1. The second-order valence-corrected chi connectivity index (χ2v) is 7.25. The van der Waals surface area contributed by atoms with E-state index in [1.54, 1.807) is 22.9 Å². The number of amides is 1. The monoisotopic (exact) mass is 431 g/mol. The Kier molecular flexibility index (Phi) is 6.90. The van der Waals surface area contributed by atoms with Crippen LogP contribution >= 0.6 is 23.8 Å². The molecule has 152 valence electrons. The molecule has 0 saturated carbocycles. The predicted molar refractivity (Wildman–Crippen MR) is 117 cm³/mol. The molecule has 1 heterocycles. The molecule has 0 radical (unpaired) electrons. The number of nitrogens with one attached hydrogen (secondary N) is 3. The zero-order chi connectivity index (χ0) is 20.8. The summed E-state index contributed by atoms with van der Waals surface area (Å²) < 4.78 is 7.93. The first-order valence-electron chi connectivity index (χ1n) is 9.14. The number of hydrogen-bond donors (Lipinski definition) is 3. The summed E-state index contributed by atoms with van der Waals surface area (Å²) >= 11 is 11.4. The molecule has 3 N–H and O–H groups in total. The number of benzene rings is 2. The van der Waals surface area contributed by atoms with E-state index in [-0.39, 0.29) is 12.5 Å². The van der Waals surface area contributed by atoms with Crippen LogP contribution in [0.2, 0.25) is 5.02 Å². The number of rotatable bonds is 8. The van der Waals surface area contributed by atoms with E-state index in [1.807, 2.05) is 38.1 Å². The predicted octanol–water partition coefficient (Wildman–Crippen LogP) is 4.23. The van der Waals surface area contributed by atoms with E-state index in [9.17, 15) is 4.79 Å². The number of hydrogen-bond acceptors (Lipinski definition) is 5. The number of H-pyrrole nitrogens is 1. The highest BCUT2D eigenvalue weighted by Gasteiger charge is 2.10. The SMILES string of the molecule is CCc1n[nH]c(=S)n1NCc1cc(Cl)ccc1OCC(=O)Nc1ccc(C)cc1. The third kappa shape index (κ3) is 5.58. The van der Waals surface area contributed by atoms with E-state index in [2.05, 4.69) is 20.9 Å². The average Bonchev–Trinajstić information content (AvgIpc) is 3.07. The van der Waals surface area contributed by atoms with Gasteiger partial charge in [0, 0.05) is 22.7 Å². The molecule has 0 unspecified atom stereocenters. The average molecular weight is 432 g/mol. The van der Waals surface area contributed by atoms with Crippen molar-refractivity contribution in [2.45, 2.75) is 26.8 Å². The van der Waals surface area contributed by atoms with Gasteiger partial charge in [0.25, 0.3) is 5.91 Å². The second-order valence-electron chi connectivity index (χ2n) is 6.42. The quantitative estimate of drug-likeness (QED) is 0.465. The molecule has 0 fully saturated rings. The lowest BCUT2D eigenvalue weighted by molar-refractivity contribution is -0.118. The van der Waals surface area contributed by atoms with Gasteiger partial charge in [-0.25, -0.2) is 4.68 Å². The Morgan fingerprint density at radius 2 is 2.03 bits per heavy atom. The molecule has 0 saturated heterocycles. The van der Waals surface area contributed by atoms with Gasteiger partial charge in [0.15, 0.2) is 12.4 Å². The number of aromatic amines is 1. The Labute approximate surface area is 179 Å². The Morgan fingerprint density at radius 1 is 1.28 bits per heavy atom. The number of nitrogens with zero attached hydrogens (tertiary/aromatic N) is 2. The maximum absolute atomic E-state index is 12.2. The fourth-order valence-corrected chi connectivity index (χ4v) is 3.11. The minimum Gasteiger partial charge on any atom is -0.483 e. The number of aryl methyl sites for hydroxylation is 2. The molecule has 0 aliphatic heterocycles. The molecule has 0 aliphatic carbocycles. The van der Waals surface area contributed by atoms with E-state index in [1.165, 1.54) is 0 Å². The van der Waals surface area contributed by atoms with Gasteiger partial charge in [-0.15, -0.1) is 0 Å². The first-order chi connectivity index (χ1) is 14.0. The van der Waals surface area contributed by atoms with Crippen molar-refractivity contribution in [2.24, 2.45) is 0 Å². The third-order valence-electron chi connectivity index (χ3n) is 4.20. The molecule has 1 aromatic heterocycles. The topological polar surface area (TPSA) is 84.0 Å². The maximum atomic E-state index is 12.2. The summed E-state index contributed by atoms with van der Waals surface area (Å²) in [6, 6.07) is 12.8. The first-order valence-corrected chi connectivity index (χ1v) is 9.92. The van der Waals surface area contributed by atoms with Gasteiger partial charge in [-0.05, 0) is 49.5 Å². The summed E-state index contributed by atoms with van der Waals surface area (Å²) in [7, 11) is 0. The van der Waals surface area contributed by atoms with Gasteiger partial charge < -0.3 is 15.5 Å². The van der Waals surface area contributed by atoms with E-state index in [4.69, 9.17) is 28.6 Å². The highest BCUT2D eigenvalue weighted by atomic mass is 35.5. The normalized spacial score (nSPS) is 10.6. The summed E-state index contributed by atoms with van der Waals surface area (Å²) in [6.45, 7) is 4.26. The van der Waals surface area contributed by atoms with Gasteiger partial charge in [0.1, 0.15) is 5.75 Å². The Hall–Kier alpha value is -2.84. The zero-order valence-electron chi connectivity index (χ0n) is 16.2. The maximum Gasteiger partial charge on any atom is 0.262 e. The van der Waals surface area contributed by atoms with Crippen molar-refractivity contribution in [3.63, 3.8) is 0 Å². The minimum atomic E-state index is -0.243. The van der Waals surface area contributed by atoms with Crippen LogP contribution in [0.15, 0.2) is 42.5 Å². The Bertz CT molecular complexity index is 1050. The van der Waals surface area contributed by atoms with E-state index in [0.717, 1.165) is 29.1 Å². The van der Waals surface area contributed by atoms with Crippen LogP contribution in [0.4, 0.5) is 5.69 Å². The van der Waals surface area contributed by atoms with Crippen LogP contribution in [0.5, 0.6) is 5.75 Å². The van der Waals surface area contributed by atoms with Crippen LogP contribution in [-0.4, -0.2) is 27.4 Å². The van der Waals surface area contributed by atoms with E-state index < -0.39 is 0 Å². The van der Waals surface area contributed by atoms with Crippen LogP contribution in [0.3, 0.4) is 0 Å². The number of anilines is 1. The third-order valence-corrected chi connectivity index (χ3v) is 4.71. The van der Waals surface area contributed by atoms with Gasteiger partial charge in [0.05, 0.1) is 6.54 Å². The van der Waals surface area contributed by atoms with Crippen molar-refractivity contribution in [3.8, 4) is 5.75 Å². The molecule has 0 aliphatic rings. The van der Waals surface area contributed by atoms with E-state index in [0.29, 0.717) is 22.1 Å². The lowest BCUT2D eigenvalue weighted by Gasteiger charge is -2.14. The van der Waals surface area contributed by atoms with Gasteiger partial charge >= 0.3 is 0 Å². The Morgan fingerprint density at radius 3 is 2.76 bits per heavy atom. The molecular formula is C20H22ClN5O2S. The summed E-state index contributed by atoms with van der Waals surface area (Å²) in [4.78, 5) is 12.2. The van der Waals surface area contributed by atoms with Crippen molar-refractivity contribution in [1.82, 2.24) is 14.9 Å². The lowest BCUT2D eigenvalue weighted by atomic mass is 10.2. The fraction of sp³-hybridized carbons (Fsp3) is 0.250. The van der Waals surface area contributed by atoms with Crippen molar-refractivity contribution >= 4 is 35.4 Å². The second kappa shape index (κ2) is 9.58. The number of carbonyl (C=O) groups excluding carboxylic acids is 1. The number of ether oxygens (including phenoxy) is 1. The number of carbonyl (C=O) groups is 1. The molecule has 1 amide bonds. The zero-order valence-corrected chi connectivity index (χ0v) is 17.7. The summed E-state index contributed by atoms with van der Waals surface area (Å²) in [5.74, 6) is 1.11.